The van der Waals surface area contributed by atoms with Crippen molar-refractivity contribution < 1.29 is 14.3 Å². The van der Waals surface area contributed by atoms with Crippen LogP contribution in [0.5, 0.6) is 0 Å². The van der Waals surface area contributed by atoms with E-state index in [0.717, 1.165) is 0 Å². The number of esters is 1. The van der Waals surface area contributed by atoms with Crippen LogP contribution in [-0.4, -0.2) is 37.5 Å². The van der Waals surface area contributed by atoms with Crippen molar-refractivity contribution in [1.29, 1.82) is 0 Å². The lowest BCUT2D eigenvalue weighted by atomic mass is 10.1. The van der Waals surface area contributed by atoms with Crippen molar-refractivity contribution in [3.8, 4) is 0 Å². The molecule has 27 heavy (non-hydrogen) atoms. The van der Waals surface area contributed by atoms with Gasteiger partial charge >= 0.3 is 5.97 Å². The average Bonchev–Trinajstić information content (AvgIpc) is 2.92. The summed E-state index contributed by atoms with van der Waals surface area (Å²) in [6.45, 7) is 5.22. The van der Waals surface area contributed by atoms with Gasteiger partial charge in [0.25, 0.3) is 5.91 Å². The number of fused-ring (bicyclic) bond motifs is 1. The van der Waals surface area contributed by atoms with Crippen LogP contribution in [0, 0.1) is 0 Å². The van der Waals surface area contributed by atoms with Crippen molar-refractivity contribution in [2.24, 2.45) is 5.73 Å². The van der Waals surface area contributed by atoms with Crippen molar-refractivity contribution in [2.75, 3.05) is 5.32 Å². The lowest BCUT2D eigenvalue weighted by molar-refractivity contribution is -0.155. The Labute approximate surface area is 155 Å². The third kappa shape index (κ3) is 4.38. The van der Waals surface area contributed by atoms with Gasteiger partial charge in [-0.2, -0.15) is 10.2 Å². The summed E-state index contributed by atoms with van der Waals surface area (Å²) in [6.07, 6.45) is 1.57. The molecular formula is C18H20N6O3. The van der Waals surface area contributed by atoms with Crippen LogP contribution < -0.4 is 11.1 Å². The molecular weight excluding hydrogens is 348 g/mol. The Kier molecular flexibility index (Phi) is 4.76. The Bertz CT molecular complexity index is 991. The van der Waals surface area contributed by atoms with Gasteiger partial charge in [0, 0.05) is 17.3 Å². The van der Waals surface area contributed by atoms with Crippen molar-refractivity contribution in [3.63, 3.8) is 0 Å². The minimum atomic E-state index is -0.681. The summed E-state index contributed by atoms with van der Waals surface area (Å²) >= 11 is 0. The van der Waals surface area contributed by atoms with E-state index in [-0.39, 0.29) is 12.2 Å². The Balaban J connectivity index is 1.95. The molecule has 0 saturated carbocycles. The summed E-state index contributed by atoms with van der Waals surface area (Å²) < 4.78 is 6.73. The molecule has 0 spiro atoms. The first-order chi connectivity index (χ1) is 12.7. The van der Waals surface area contributed by atoms with Crippen molar-refractivity contribution >= 4 is 34.3 Å². The first kappa shape index (κ1) is 18.3. The second kappa shape index (κ2) is 7.02. The molecule has 9 heteroatoms. The lowest BCUT2D eigenvalue weighted by Gasteiger charge is -2.19. The zero-order valence-corrected chi connectivity index (χ0v) is 15.3. The quantitative estimate of drug-likeness (QED) is 0.660. The maximum atomic E-state index is 12.1. The van der Waals surface area contributed by atoms with E-state index in [2.05, 4.69) is 20.6 Å². The number of amides is 1. The maximum absolute atomic E-state index is 12.1. The minimum Gasteiger partial charge on any atom is -0.459 e. The first-order valence-electron chi connectivity index (χ1n) is 8.30. The van der Waals surface area contributed by atoms with E-state index in [0.29, 0.717) is 22.4 Å². The molecule has 0 aliphatic rings. The van der Waals surface area contributed by atoms with Crippen LogP contribution in [0.4, 0.5) is 11.5 Å². The summed E-state index contributed by atoms with van der Waals surface area (Å²) in [6, 6.07) is 8.77. The van der Waals surface area contributed by atoms with Crippen LogP contribution in [0.3, 0.4) is 0 Å². The number of benzene rings is 1. The lowest BCUT2D eigenvalue weighted by Crippen LogP contribution is -2.27. The molecule has 3 rings (SSSR count). The van der Waals surface area contributed by atoms with E-state index in [4.69, 9.17) is 10.5 Å². The number of carbonyl (C=O) groups is 2. The van der Waals surface area contributed by atoms with Gasteiger partial charge in [-0.3, -0.25) is 14.3 Å². The summed E-state index contributed by atoms with van der Waals surface area (Å²) in [4.78, 5) is 23.9. The van der Waals surface area contributed by atoms with E-state index in [9.17, 15) is 9.59 Å². The third-order valence-corrected chi connectivity index (χ3v) is 3.53. The van der Waals surface area contributed by atoms with Crippen LogP contribution in [0.2, 0.25) is 0 Å². The van der Waals surface area contributed by atoms with E-state index in [1.807, 2.05) is 0 Å². The van der Waals surface area contributed by atoms with Gasteiger partial charge in [-0.1, -0.05) is 0 Å². The Morgan fingerprint density at radius 1 is 1.26 bits per heavy atom. The summed E-state index contributed by atoms with van der Waals surface area (Å²) in [7, 11) is 0. The van der Waals surface area contributed by atoms with Crippen molar-refractivity contribution in [2.45, 2.75) is 32.9 Å². The highest BCUT2D eigenvalue weighted by atomic mass is 16.6. The van der Waals surface area contributed by atoms with Crippen LogP contribution in [0.25, 0.3) is 10.9 Å². The molecule has 0 radical (unpaired) electrons. The molecule has 2 aromatic heterocycles. The number of anilines is 2. The average molecular weight is 368 g/mol. The molecule has 9 nitrogen and oxygen atoms in total. The van der Waals surface area contributed by atoms with Gasteiger partial charge in [0.05, 0.1) is 5.52 Å². The van der Waals surface area contributed by atoms with Gasteiger partial charge in [0.1, 0.15) is 12.1 Å². The number of hydrogen-bond donors (Lipinski definition) is 2. The monoisotopic (exact) mass is 368 g/mol. The fourth-order valence-electron chi connectivity index (χ4n) is 2.57. The van der Waals surface area contributed by atoms with E-state index in [1.54, 1.807) is 57.3 Å². The molecule has 0 fully saturated rings. The van der Waals surface area contributed by atoms with Crippen LogP contribution in [0.15, 0.2) is 36.5 Å². The standard InChI is InChI=1S/C18H20N6O3/c1-18(2,3)27-15(25)10-24-13-7-6-11(21-14-5-4-8-20-22-14)9-12(13)16(23-24)17(19)26/h4-9H,10H2,1-3H3,(H2,19,26)(H,21,22). The molecule has 0 aliphatic heterocycles. The van der Waals surface area contributed by atoms with E-state index < -0.39 is 17.5 Å². The molecule has 0 saturated heterocycles. The summed E-state index contributed by atoms with van der Waals surface area (Å²) in [5.41, 5.74) is 6.20. The summed E-state index contributed by atoms with van der Waals surface area (Å²) in [5, 5.41) is 15.6. The smallest absolute Gasteiger partial charge is 0.328 e. The number of primary amides is 1. The number of nitrogens with zero attached hydrogens (tertiary/aromatic N) is 4. The zero-order valence-electron chi connectivity index (χ0n) is 15.3. The number of ether oxygens (including phenoxy) is 1. The molecule has 0 unspecified atom stereocenters. The van der Waals surface area contributed by atoms with Gasteiger partial charge in [-0.05, 0) is 51.1 Å². The topological polar surface area (TPSA) is 125 Å². The van der Waals surface area contributed by atoms with Crippen molar-refractivity contribution in [1.82, 2.24) is 20.0 Å². The predicted octanol–water partition coefficient (Wildman–Crippen LogP) is 2.01. The molecule has 2 heterocycles. The minimum absolute atomic E-state index is 0.0800. The number of nitrogens with one attached hydrogen (secondary N) is 1. The van der Waals surface area contributed by atoms with Gasteiger partial charge in [-0.15, -0.1) is 5.10 Å². The van der Waals surface area contributed by atoms with Gasteiger partial charge in [0.2, 0.25) is 0 Å². The molecule has 3 aromatic rings. The van der Waals surface area contributed by atoms with E-state index >= 15 is 0 Å². The number of hydrogen-bond acceptors (Lipinski definition) is 7. The van der Waals surface area contributed by atoms with Crippen LogP contribution in [-0.2, 0) is 16.1 Å². The Morgan fingerprint density at radius 3 is 2.67 bits per heavy atom. The molecule has 140 valence electrons. The molecule has 1 amide bonds. The van der Waals surface area contributed by atoms with Crippen LogP contribution in [0.1, 0.15) is 31.3 Å². The van der Waals surface area contributed by atoms with Gasteiger partial charge in [-0.25, -0.2) is 0 Å². The zero-order chi connectivity index (χ0) is 19.6. The molecule has 0 aliphatic carbocycles. The molecule has 1 aromatic carbocycles. The highest BCUT2D eigenvalue weighted by molar-refractivity contribution is 6.05. The highest BCUT2D eigenvalue weighted by Crippen LogP contribution is 2.24. The Morgan fingerprint density at radius 2 is 2.04 bits per heavy atom. The predicted molar refractivity (Wildman–Crippen MR) is 99.4 cm³/mol. The van der Waals surface area contributed by atoms with Gasteiger partial charge < -0.3 is 15.8 Å². The number of carbonyl (C=O) groups excluding carboxylic acids is 2. The molecule has 0 atom stereocenters. The number of nitrogens with two attached hydrogens (primary N) is 1. The first-order valence-corrected chi connectivity index (χ1v) is 8.30. The molecule has 0 bridgehead atoms. The summed E-state index contributed by atoms with van der Waals surface area (Å²) in [5.74, 6) is -0.581. The molecule has 3 N–H and O–H groups in total. The second-order valence-electron chi connectivity index (χ2n) is 6.92. The largest absolute Gasteiger partial charge is 0.459 e. The van der Waals surface area contributed by atoms with Crippen molar-refractivity contribution in [3.05, 3.63) is 42.2 Å². The number of rotatable bonds is 5. The second-order valence-corrected chi connectivity index (χ2v) is 6.92. The normalized spacial score (nSPS) is 11.4. The van der Waals surface area contributed by atoms with Crippen LogP contribution >= 0.6 is 0 Å². The fraction of sp³-hybridized carbons (Fsp3) is 0.278. The maximum Gasteiger partial charge on any atom is 0.328 e. The third-order valence-electron chi connectivity index (χ3n) is 3.53. The Hall–Kier alpha value is -3.49. The fourth-order valence-corrected chi connectivity index (χ4v) is 2.57. The SMILES string of the molecule is CC(C)(C)OC(=O)Cn1nc(C(N)=O)c2cc(Nc3cccnn3)ccc21. The number of aromatic nitrogens is 4. The van der Waals surface area contributed by atoms with E-state index in [1.165, 1.54) is 4.68 Å². The van der Waals surface area contributed by atoms with Gasteiger partial charge in [0.15, 0.2) is 11.5 Å². The highest BCUT2D eigenvalue weighted by Gasteiger charge is 2.20.